The number of aldehydes is 1. The van der Waals surface area contributed by atoms with Gasteiger partial charge in [-0.2, -0.15) is 0 Å². The standard InChI is InChI=1S/C14H21NO2/c1-11-5-3-4-6-14(11)15(2)9-12-7-8-13(10-16)17-12/h7-8,10-11,14H,3-6,9H2,1-2H3. The van der Waals surface area contributed by atoms with E-state index in [2.05, 4.69) is 18.9 Å². The van der Waals surface area contributed by atoms with Gasteiger partial charge in [-0.05, 0) is 37.9 Å². The Bertz CT molecular complexity index is 372. The molecule has 0 aliphatic heterocycles. The van der Waals surface area contributed by atoms with Crippen molar-refractivity contribution in [3.05, 3.63) is 23.7 Å². The van der Waals surface area contributed by atoms with Crippen molar-refractivity contribution < 1.29 is 9.21 Å². The summed E-state index contributed by atoms with van der Waals surface area (Å²) in [7, 11) is 2.15. The first-order valence-corrected chi connectivity index (χ1v) is 6.45. The van der Waals surface area contributed by atoms with Gasteiger partial charge in [0.05, 0.1) is 6.54 Å². The van der Waals surface area contributed by atoms with Gasteiger partial charge in [-0.1, -0.05) is 19.8 Å². The van der Waals surface area contributed by atoms with Crippen molar-refractivity contribution in [2.24, 2.45) is 5.92 Å². The van der Waals surface area contributed by atoms with Crippen molar-refractivity contribution in [2.75, 3.05) is 7.05 Å². The van der Waals surface area contributed by atoms with Crippen LogP contribution in [0.25, 0.3) is 0 Å². The topological polar surface area (TPSA) is 33.5 Å². The molecular weight excluding hydrogens is 214 g/mol. The molecule has 2 atom stereocenters. The zero-order valence-corrected chi connectivity index (χ0v) is 10.7. The van der Waals surface area contributed by atoms with Gasteiger partial charge in [0.25, 0.3) is 0 Å². The van der Waals surface area contributed by atoms with E-state index in [0.717, 1.165) is 24.5 Å². The number of hydrogen-bond acceptors (Lipinski definition) is 3. The highest BCUT2D eigenvalue weighted by molar-refractivity contribution is 5.70. The fourth-order valence-corrected chi connectivity index (χ4v) is 2.86. The average Bonchev–Trinajstić information content (AvgIpc) is 2.77. The third-order valence-electron chi connectivity index (χ3n) is 3.84. The molecule has 2 unspecified atom stereocenters. The van der Waals surface area contributed by atoms with E-state index in [9.17, 15) is 4.79 Å². The first kappa shape index (κ1) is 12.4. The molecule has 1 heterocycles. The summed E-state index contributed by atoms with van der Waals surface area (Å²) < 4.78 is 5.42. The predicted octanol–water partition coefficient (Wildman–Crippen LogP) is 3.10. The predicted molar refractivity (Wildman–Crippen MR) is 67.0 cm³/mol. The van der Waals surface area contributed by atoms with Crippen molar-refractivity contribution in [3.63, 3.8) is 0 Å². The van der Waals surface area contributed by atoms with Crippen LogP contribution in [0, 0.1) is 5.92 Å². The van der Waals surface area contributed by atoms with Crippen LogP contribution in [0.15, 0.2) is 16.5 Å². The van der Waals surface area contributed by atoms with Crippen molar-refractivity contribution in [2.45, 2.75) is 45.2 Å². The fourth-order valence-electron chi connectivity index (χ4n) is 2.86. The molecule has 2 rings (SSSR count). The summed E-state index contributed by atoms with van der Waals surface area (Å²) in [5.74, 6) is 2.06. The highest BCUT2D eigenvalue weighted by Gasteiger charge is 2.25. The molecule has 0 N–H and O–H groups in total. The second-order valence-electron chi connectivity index (χ2n) is 5.17. The molecule has 1 aliphatic rings. The number of rotatable bonds is 4. The molecule has 3 heteroatoms. The molecule has 1 aliphatic carbocycles. The molecule has 3 nitrogen and oxygen atoms in total. The van der Waals surface area contributed by atoms with Crippen LogP contribution in [-0.4, -0.2) is 24.3 Å². The largest absolute Gasteiger partial charge is 0.457 e. The summed E-state index contributed by atoms with van der Waals surface area (Å²) >= 11 is 0. The van der Waals surface area contributed by atoms with E-state index < -0.39 is 0 Å². The summed E-state index contributed by atoms with van der Waals surface area (Å²) in [5.41, 5.74) is 0. The average molecular weight is 235 g/mol. The zero-order chi connectivity index (χ0) is 12.3. The molecule has 1 saturated carbocycles. The van der Waals surface area contributed by atoms with Crippen LogP contribution in [-0.2, 0) is 6.54 Å². The molecule has 17 heavy (non-hydrogen) atoms. The highest BCUT2D eigenvalue weighted by atomic mass is 16.3. The summed E-state index contributed by atoms with van der Waals surface area (Å²) in [4.78, 5) is 12.9. The SMILES string of the molecule is CC1CCCCC1N(C)Cc1ccc(C=O)o1. The van der Waals surface area contributed by atoms with E-state index in [-0.39, 0.29) is 0 Å². The number of nitrogens with zero attached hydrogens (tertiary/aromatic N) is 1. The maximum atomic E-state index is 10.6. The zero-order valence-electron chi connectivity index (χ0n) is 10.7. The molecule has 1 aromatic heterocycles. The number of carbonyl (C=O) groups excluding carboxylic acids is 1. The van der Waals surface area contributed by atoms with Crippen LogP contribution in [0.5, 0.6) is 0 Å². The minimum atomic E-state index is 0.421. The second-order valence-corrected chi connectivity index (χ2v) is 5.17. The third-order valence-corrected chi connectivity index (χ3v) is 3.84. The smallest absolute Gasteiger partial charge is 0.185 e. The van der Waals surface area contributed by atoms with E-state index in [1.165, 1.54) is 25.7 Å². The van der Waals surface area contributed by atoms with E-state index in [4.69, 9.17) is 4.42 Å². The van der Waals surface area contributed by atoms with Gasteiger partial charge in [0.1, 0.15) is 5.76 Å². The molecule has 0 saturated heterocycles. The minimum Gasteiger partial charge on any atom is -0.457 e. The first-order valence-electron chi connectivity index (χ1n) is 6.45. The molecule has 1 aromatic rings. The maximum Gasteiger partial charge on any atom is 0.185 e. The van der Waals surface area contributed by atoms with Gasteiger partial charge in [-0.3, -0.25) is 9.69 Å². The Labute approximate surface area is 103 Å². The molecule has 0 spiro atoms. The summed E-state index contributed by atoms with van der Waals surface area (Å²) in [5, 5.41) is 0. The maximum absolute atomic E-state index is 10.6. The Morgan fingerprint density at radius 1 is 1.41 bits per heavy atom. The Hall–Kier alpha value is -1.09. The second kappa shape index (κ2) is 5.50. The van der Waals surface area contributed by atoms with E-state index in [0.29, 0.717) is 11.8 Å². The lowest BCUT2D eigenvalue weighted by Crippen LogP contribution is -2.38. The lowest BCUT2D eigenvalue weighted by Gasteiger charge is -2.35. The lowest BCUT2D eigenvalue weighted by atomic mass is 9.85. The Morgan fingerprint density at radius 2 is 2.18 bits per heavy atom. The number of furan rings is 1. The lowest BCUT2D eigenvalue weighted by molar-refractivity contribution is 0.108. The number of carbonyl (C=O) groups is 1. The van der Waals surface area contributed by atoms with E-state index in [1.807, 2.05) is 6.07 Å². The molecular formula is C14H21NO2. The molecule has 0 radical (unpaired) electrons. The van der Waals surface area contributed by atoms with Gasteiger partial charge in [0, 0.05) is 6.04 Å². The Kier molecular flexibility index (Phi) is 4.00. The van der Waals surface area contributed by atoms with Crippen LogP contribution >= 0.6 is 0 Å². The van der Waals surface area contributed by atoms with Gasteiger partial charge >= 0.3 is 0 Å². The summed E-state index contributed by atoms with van der Waals surface area (Å²) in [6.07, 6.45) is 6.05. The van der Waals surface area contributed by atoms with Crippen molar-refractivity contribution in [3.8, 4) is 0 Å². The Morgan fingerprint density at radius 3 is 2.82 bits per heavy atom. The molecule has 94 valence electrons. The van der Waals surface area contributed by atoms with Crippen molar-refractivity contribution in [1.29, 1.82) is 0 Å². The van der Waals surface area contributed by atoms with E-state index in [1.54, 1.807) is 6.07 Å². The normalized spacial score (nSPS) is 25.1. The number of hydrogen-bond donors (Lipinski definition) is 0. The molecule has 0 bridgehead atoms. The van der Waals surface area contributed by atoms with Gasteiger partial charge in [0.2, 0.25) is 0 Å². The van der Waals surface area contributed by atoms with Crippen LogP contribution in [0.2, 0.25) is 0 Å². The highest BCUT2D eigenvalue weighted by Crippen LogP contribution is 2.28. The van der Waals surface area contributed by atoms with Crippen LogP contribution in [0.1, 0.15) is 48.9 Å². The van der Waals surface area contributed by atoms with Crippen molar-refractivity contribution >= 4 is 6.29 Å². The van der Waals surface area contributed by atoms with Gasteiger partial charge < -0.3 is 4.42 Å². The summed E-state index contributed by atoms with van der Waals surface area (Å²) in [6, 6.07) is 4.28. The molecule has 1 fully saturated rings. The van der Waals surface area contributed by atoms with Crippen molar-refractivity contribution in [1.82, 2.24) is 4.90 Å². The molecule has 0 aromatic carbocycles. The quantitative estimate of drug-likeness (QED) is 0.752. The minimum absolute atomic E-state index is 0.421. The monoisotopic (exact) mass is 235 g/mol. The van der Waals surface area contributed by atoms with Crippen LogP contribution in [0.4, 0.5) is 0 Å². The van der Waals surface area contributed by atoms with Gasteiger partial charge in [0.15, 0.2) is 12.0 Å². The van der Waals surface area contributed by atoms with Crippen LogP contribution in [0.3, 0.4) is 0 Å². The van der Waals surface area contributed by atoms with Gasteiger partial charge in [-0.25, -0.2) is 0 Å². The van der Waals surface area contributed by atoms with Gasteiger partial charge in [-0.15, -0.1) is 0 Å². The first-order chi connectivity index (χ1) is 8.20. The Balaban J connectivity index is 1.95. The third kappa shape index (κ3) is 2.97. The summed E-state index contributed by atoms with van der Waals surface area (Å²) in [6.45, 7) is 3.13. The fraction of sp³-hybridized carbons (Fsp3) is 0.643. The van der Waals surface area contributed by atoms with E-state index >= 15 is 0 Å². The van der Waals surface area contributed by atoms with Crippen LogP contribution < -0.4 is 0 Å². The molecule has 0 amide bonds.